The van der Waals surface area contributed by atoms with E-state index in [0.717, 1.165) is 39.6 Å². The number of anilines is 1. The number of carbonyl (C=O) groups excluding carboxylic acids is 5. The smallest absolute Gasteiger partial charge is 0.477 e. The Hall–Kier alpha value is -8.66. The summed E-state index contributed by atoms with van der Waals surface area (Å²) in [7, 11) is -8.43. The van der Waals surface area contributed by atoms with Gasteiger partial charge in [0.2, 0.25) is 33.6 Å². The molecule has 1 fully saturated rings. The molecule has 0 bridgehead atoms. The number of nitrogens with one attached hydrogen (secondary N) is 2. The van der Waals surface area contributed by atoms with Crippen molar-refractivity contribution in [2.24, 2.45) is 13.0 Å². The third kappa shape index (κ3) is 18.8. The van der Waals surface area contributed by atoms with E-state index in [1.807, 2.05) is 0 Å². The van der Waals surface area contributed by atoms with E-state index in [-0.39, 0.29) is 49.4 Å². The number of pyridine rings is 1. The topological polar surface area (TPSA) is 303 Å². The van der Waals surface area contributed by atoms with Gasteiger partial charge in [0.05, 0.1) is 77.4 Å². The number of rotatable bonds is 28. The zero-order valence-corrected chi connectivity index (χ0v) is 62.7. The van der Waals surface area contributed by atoms with Crippen LogP contribution in [0.15, 0.2) is 59.4 Å². The van der Waals surface area contributed by atoms with Crippen molar-refractivity contribution >= 4 is 86.9 Å². The van der Waals surface area contributed by atoms with Crippen molar-refractivity contribution in [1.82, 2.24) is 44.7 Å². The number of halogens is 10. The summed E-state index contributed by atoms with van der Waals surface area (Å²) in [5, 5.41) is 12.1. The Labute approximate surface area is 607 Å². The van der Waals surface area contributed by atoms with E-state index >= 15 is 27.2 Å². The monoisotopic (exact) mass is 1560 g/mol. The summed E-state index contributed by atoms with van der Waals surface area (Å²) in [6, 6.07) is 5.83. The summed E-state index contributed by atoms with van der Waals surface area (Å²) in [5.74, 6) is -16.0. The quantitative estimate of drug-likeness (QED) is 0.0261. The van der Waals surface area contributed by atoms with E-state index in [1.165, 1.54) is 66.8 Å². The number of phosphoric ester groups is 1. The molecule has 0 spiro atoms. The third-order valence-corrected chi connectivity index (χ3v) is 19.5. The number of benzene rings is 3. The SMILES string of the molecule is Cc1cc(CC(=O)N[C@@H](CC(=O)OC(C)(C)C)C(=O)OC(C)(C)C)c(C(C)(C)CC(=O)N(c2nn(C)c3c(-n4c([C@H](Cc5cc(F)cc(F)c5)NC(=O)Cn5nc(C(F)F)c6c5C(F)(F)[C@@H]5C[C@H]65)nc5nc(OCCC(F)(F)F)ccc5c4=O)ccc(Cl)c23)S(C)(=O)=O)c(OP(=O)(OC(C)C)OC(C)C)c1. The van der Waals surface area contributed by atoms with E-state index in [1.54, 1.807) is 48.5 Å². The van der Waals surface area contributed by atoms with E-state index in [9.17, 15) is 54.1 Å². The Morgan fingerprint density at radius 3 is 2.07 bits per heavy atom. The van der Waals surface area contributed by atoms with Crippen LogP contribution in [0.2, 0.25) is 5.02 Å². The number of phosphoric acid groups is 1. The number of sulfonamides is 1. The minimum Gasteiger partial charge on any atom is -0.477 e. The minimum atomic E-state index is -4.96. The highest BCUT2D eigenvalue weighted by molar-refractivity contribution is 7.92. The molecule has 2 N–H and O–H groups in total. The molecule has 9 rings (SSSR count). The lowest BCUT2D eigenvalue weighted by atomic mass is 9.77. The fourth-order valence-corrected chi connectivity index (χ4v) is 15.4. The number of fused-ring (bicyclic) bond motifs is 5. The Kier molecular flexibility index (Phi) is 23.2. The lowest BCUT2D eigenvalue weighted by molar-refractivity contribution is -0.165. The van der Waals surface area contributed by atoms with Gasteiger partial charge in [-0.2, -0.15) is 41.4 Å². The van der Waals surface area contributed by atoms with Crippen LogP contribution < -0.4 is 29.8 Å². The number of carbonyl (C=O) groups is 5. The first-order valence-corrected chi connectivity index (χ1v) is 36.9. The van der Waals surface area contributed by atoms with Gasteiger partial charge in [-0.3, -0.25) is 47.0 Å². The van der Waals surface area contributed by atoms with Crippen molar-refractivity contribution < 1.29 is 104 Å². The fraction of sp³-hybridized carbons (Fsp3) is 0.507. The second-order valence-corrected chi connectivity index (χ2v) is 32.8. The van der Waals surface area contributed by atoms with Gasteiger partial charge in [0, 0.05) is 54.5 Å². The van der Waals surface area contributed by atoms with E-state index in [2.05, 4.69) is 30.8 Å². The molecule has 2 aliphatic rings. The molecule has 0 saturated heterocycles. The molecule has 4 aromatic heterocycles. The summed E-state index contributed by atoms with van der Waals surface area (Å²) >= 11 is 7.06. The molecule has 3 aromatic carbocycles. The molecular weight excluding hydrogens is 1480 g/mol. The second kappa shape index (κ2) is 30.2. The molecule has 0 radical (unpaired) electrons. The van der Waals surface area contributed by atoms with Crippen molar-refractivity contribution in [3.8, 4) is 17.3 Å². The first kappa shape index (κ1) is 81.4. The second-order valence-electron chi connectivity index (χ2n) is 29.1. The highest BCUT2D eigenvalue weighted by atomic mass is 35.5. The van der Waals surface area contributed by atoms with Gasteiger partial charge in [0.1, 0.15) is 58.4 Å². The van der Waals surface area contributed by atoms with Crippen molar-refractivity contribution in [1.29, 1.82) is 0 Å². The highest BCUT2D eigenvalue weighted by Crippen LogP contribution is 2.68. The highest BCUT2D eigenvalue weighted by Gasteiger charge is 2.67. The van der Waals surface area contributed by atoms with Crippen LogP contribution in [0, 0.1) is 24.5 Å². The van der Waals surface area contributed by atoms with Gasteiger partial charge in [0.15, 0.2) is 11.5 Å². The Balaban J connectivity index is 1.20. The number of nitrogens with zero attached hydrogens (tertiary/aromatic N) is 8. The van der Waals surface area contributed by atoms with Gasteiger partial charge in [-0.05, 0) is 142 Å². The first-order chi connectivity index (χ1) is 48.8. The third-order valence-electron chi connectivity index (χ3n) is 16.4. The van der Waals surface area contributed by atoms with Gasteiger partial charge in [-0.1, -0.05) is 31.5 Å². The van der Waals surface area contributed by atoms with Crippen molar-refractivity contribution in [3.63, 3.8) is 0 Å². The number of amides is 3. The molecule has 576 valence electrons. The van der Waals surface area contributed by atoms with Gasteiger partial charge in [-0.25, -0.2) is 40.3 Å². The van der Waals surface area contributed by atoms with E-state index in [4.69, 9.17) is 39.4 Å². The Morgan fingerprint density at radius 2 is 1.48 bits per heavy atom. The molecule has 25 nitrogen and oxygen atoms in total. The number of hydrogen-bond acceptors (Lipinski definition) is 19. The number of ether oxygens (including phenoxy) is 3. The molecule has 0 unspecified atom stereocenters. The van der Waals surface area contributed by atoms with Crippen molar-refractivity contribution in [3.05, 3.63) is 127 Å². The standard InChI is InChI=1S/C69H79ClF9N10O15PS/c1-33(2)102-105(96,103-34(3)4)104-47-23-35(5)22-37(27-48(90)81-45(64(95)101-66(9,10)11)30-52(93)100-65(6,7)8)55(47)67(12,13)31-51(92)89(106(15,97)98)62-54-43(70)17-18-46(57(54)86(14)85-62)88-61(83-60-40(63(88)94)16-19-50(82-60)99-21-20-68(75,76)77)44(26-36-24-38(71)28-39(72)25-36)80-49(91)32-87-58-53(56(84-87)59(73)74)41-29-42(41)69(58,78)79/h16-19,22-25,28,33-34,41-42,44-45,59H,20-21,26-27,29-32H2,1-15H3,(H,80,91)(H,81,90)/t41-,42+,44-,45-/m0/s1. The zero-order valence-electron chi connectivity index (χ0n) is 60.2. The molecule has 37 heteroatoms. The van der Waals surface area contributed by atoms with Crippen LogP contribution in [-0.2, 0) is 94.9 Å². The summed E-state index contributed by atoms with van der Waals surface area (Å²) in [5.41, 5.74) is -8.70. The van der Waals surface area contributed by atoms with Gasteiger partial charge < -0.3 is 29.4 Å². The molecule has 106 heavy (non-hydrogen) atoms. The molecule has 4 heterocycles. The van der Waals surface area contributed by atoms with Crippen LogP contribution in [0.3, 0.4) is 0 Å². The zero-order chi connectivity index (χ0) is 78.8. The summed E-state index contributed by atoms with van der Waals surface area (Å²) in [6.45, 7) is 17.9. The van der Waals surface area contributed by atoms with E-state index in [0.29, 0.717) is 22.6 Å². The van der Waals surface area contributed by atoms with Crippen LogP contribution in [0.4, 0.5) is 45.3 Å². The summed E-state index contributed by atoms with van der Waals surface area (Å²) < 4.78 is 212. The largest absolute Gasteiger partial charge is 0.530 e. The Bertz CT molecular complexity index is 4830. The normalized spacial score (nSPS) is 15.9. The number of hydrogen-bond donors (Lipinski definition) is 2. The van der Waals surface area contributed by atoms with Crippen LogP contribution >= 0.6 is 19.4 Å². The Morgan fingerprint density at radius 1 is 0.849 bits per heavy atom. The number of alkyl halides is 7. The van der Waals surface area contributed by atoms with Crippen LogP contribution in [0.25, 0.3) is 27.6 Å². The maximum absolute atomic E-state index is 15.9. The fourth-order valence-electron chi connectivity index (χ4n) is 12.7. The van der Waals surface area contributed by atoms with Crippen molar-refractivity contribution in [2.45, 2.75) is 200 Å². The molecule has 0 aliphatic heterocycles. The molecule has 1 saturated carbocycles. The summed E-state index contributed by atoms with van der Waals surface area (Å²) in [6.07, 6.45) is -13.7. The predicted octanol–water partition coefficient (Wildman–Crippen LogP) is 12.8. The van der Waals surface area contributed by atoms with E-state index < -0.39 is 232 Å². The lowest BCUT2D eigenvalue weighted by Crippen LogP contribution is -2.46. The van der Waals surface area contributed by atoms with Gasteiger partial charge in [0.25, 0.3) is 17.9 Å². The van der Waals surface area contributed by atoms with Crippen LogP contribution in [0.5, 0.6) is 11.6 Å². The first-order valence-electron chi connectivity index (χ1n) is 33.2. The molecule has 2 aliphatic carbocycles. The maximum Gasteiger partial charge on any atom is 0.530 e. The maximum atomic E-state index is 15.9. The van der Waals surface area contributed by atoms with Gasteiger partial charge in [-0.15, -0.1) is 0 Å². The average molecular weight is 1560 g/mol. The number of esters is 2. The van der Waals surface area contributed by atoms with Crippen molar-refractivity contribution in [2.75, 3.05) is 17.2 Å². The number of aryl methyl sites for hydroxylation is 2. The minimum absolute atomic E-state index is 0.0272. The predicted molar refractivity (Wildman–Crippen MR) is 367 cm³/mol. The van der Waals surface area contributed by atoms with Gasteiger partial charge >= 0.3 is 25.9 Å². The summed E-state index contributed by atoms with van der Waals surface area (Å²) in [4.78, 5) is 96.2. The van der Waals surface area contributed by atoms with Crippen LogP contribution in [0.1, 0.15) is 172 Å². The lowest BCUT2D eigenvalue weighted by Gasteiger charge is -2.33. The average Bonchev–Trinajstić information content (AvgIpc) is 1.50. The molecule has 4 atom stereocenters. The van der Waals surface area contributed by atoms with Crippen LogP contribution in [-0.4, -0.2) is 121 Å². The molecule has 7 aromatic rings. The number of aromatic nitrogens is 7. The molecular formula is C69H79ClF9N10O15PS. The molecule has 3 amide bonds.